The van der Waals surface area contributed by atoms with Crippen LogP contribution < -0.4 is 4.90 Å². The molecule has 12 heteroatoms. The molecule has 1 saturated heterocycles. The molecule has 146 valence electrons. The molecular formula is C15H15F3N4O4S. The van der Waals surface area contributed by atoms with Crippen molar-refractivity contribution in [3.63, 3.8) is 0 Å². The molecule has 0 radical (unpaired) electrons. The third-order valence-corrected chi connectivity index (χ3v) is 6.04. The number of halogens is 3. The van der Waals surface area contributed by atoms with E-state index in [4.69, 9.17) is 0 Å². The summed E-state index contributed by atoms with van der Waals surface area (Å²) in [6, 6.07) is 3.66. The van der Waals surface area contributed by atoms with Crippen molar-refractivity contribution < 1.29 is 31.5 Å². The minimum absolute atomic E-state index is 0.0217. The molecule has 1 atom stereocenters. The van der Waals surface area contributed by atoms with Crippen LogP contribution in [0.5, 0.6) is 0 Å². The van der Waals surface area contributed by atoms with Crippen LogP contribution in [-0.4, -0.2) is 59.1 Å². The maximum atomic E-state index is 12.9. The van der Waals surface area contributed by atoms with Crippen LogP contribution in [0.15, 0.2) is 24.3 Å². The Bertz CT molecular complexity index is 987. The van der Waals surface area contributed by atoms with Crippen LogP contribution in [0, 0.1) is 0 Å². The number of alkyl halides is 3. The van der Waals surface area contributed by atoms with E-state index in [9.17, 15) is 31.5 Å². The van der Waals surface area contributed by atoms with Gasteiger partial charge in [0.25, 0.3) is 0 Å². The lowest BCUT2D eigenvalue weighted by Gasteiger charge is -2.22. The van der Waals surface area contributed by atoms with E-state index in [1.54, 1.807) is 0 Å². The third-order valence-electron chi connectivity index (χ3n) is 4.29. The first kappa shape index (κ1) is 19.1. The Morgan fingerprint density at radius 3 is 2.59 bits per heavy atom. The number of carboxylic acid groups (broad SMARTS) is 1. The Balaban J connectivity index is 2.01. The molecule has 1 aliphatic heterocycles. The fraction of sp³-hybridized carbons (Fsp3) is 0.400. The molecule has 0 saturated carbocycles. The number of sulfone groups is 1. The minimum atomic E-state index is -4.57. The highest BCUT2D eigenvalue weighted by molar-refractivity contribution is 7.91. The summed E-state index contributed by atoms with van der Waals surface area (Å²) in [7, 11) is -1.73. The fourth-order valence-electron chi connectivity index (χ4n) is 2.85. The molecule has 0 aliphatic carbocycles. The molecule has 1 aromatic carbocycles. The van der Waals surface area contributed by atoms with Gasteiger partial charge in [-0.15, -0.1) is 15.0 Å². The second-order valence-corrected chi connectivity index (χ2v) is 8.41. The zero-order chi connectivity index (χ0) is 20.0. The van der Waals surface area contributed by atoms with Crippen LogP contribution in [0.1, 0.15) is 22.5 Å². The number of hydrogen-bond acceptors (Lipinski definition) is 6. The van der Waals surface area contributed by atoms with E-state index in [0.717, 1.165) is 23.0 Å². The smallest absolute Gasteiger partial charge is 0.416 e. The second kappa shape index (κ2) is 6.51. The molecule has 0 bridgehead atoms. The van der Waals surface area contributed by atoms with Gasteiger partial charge in [-0.3, -0.25) is 0 Å². The zero-order valence-electron chi connectivity index (χ0n) is 14.0. The van der Waals surface area contributed by atoms with Crippen LogP contribution in [0.25, 0.3) is 5.69 Å². The number of hydrogen-bond donors (Lipinski definition) is 1. The predicted molar refractivity (Wildman–Crippen MR) is 88.8 cm³/mol. The van der Waals surface area contributed by atoms with E-state index in [0.29, 0.717) is 6.42 Å². The summed E-state index contributed by atoms with van der Waals surface area (Å²) in [5, 5.41) is 17.1. The van der Waals surface area contributed by atoms with Gasteiger partial charge in [0.1, 0.15) is 0 Å². The summed E-state index contributed by atoms with van der Waals surface area (Å²) in [5.74, 6) is -1.71. The molecule has 0 amide bonds. The molecule has 2 heterocycles. The van der Waals surface area contributed by atoms with Gasteiger partial charge in [-0.05, 0) is 24.6 Å². The van der Waals surface area contributed by atoms with Gasteiger partial charge < -0.3 is 10.0 Å². The highest BCUT2D eigenvalue weighted by atomic mass is 32.2. The van der Waals surface area contributed by atoms with E-state index in [1.807, 2.05) is 0 Å². The van der Waals surface area contributed by atoms with E-state index in [-0.39, 0.29) is 23.0 Å². The number of rotatable bonds is 4. The minimum Gasteiger partial charge on any atom is -0.476 e. The number of benzene rings is 1. The monoisotopic (exact) mass is 404 g/mol. The Morgan fingerprint density at radius 1 is 1.33 bits per heavy atom. The number of carboxylic acids is 1. The average molecular weight is 404 g/mol. The zero-order valence-corrected chi connectivity index (χ0v) is 14.8. The van der Waals surface area contributed by atoms with Crippen LogP contribution in [0.3, 0.4) is 0 Å². The Labute approximate surface area is 152 Å². The molecular weight excluding hydrogens is 389 g/mol. The lowest BCUT2D eigenvalue weighted by molar-refractivity contribution is -0.137. The first-order chi connectivity index (χ1) is 12.5. The molecule has 1 N–H and O–H groups in total. The number of aromatic nitrogens is 3. The van der Waals surface area contributed by atoms with Gasteiger partial charge in [-0.1, -0.05) is 6.07 Å². The van der Waals surface area contributed by atoms with Gasteiger partial charge >= 0.3 is 12.1 Å². The number of carbonyl (C=O) groups is 1. The number of nitrogens with zero attached hydrogens (tertiary/aromatic N) is 4. The van der Waals surface area contributed by atoms with Gasteiger partial charge in [-0.2, -0.15) is 13.2 Å². The fourth-order valence-corrected chi connectivity index (χ4v) is 4.63. The van der Waals surface area contributed by atoms with E-state index in [1.165, 1.54) is 18.0 Å². The molecule has 27 heavy (non-hydrogen) atoms. The van der Waals surface area contributed by atoms with E-state index < -0.39 is 39.3 Å². The van der Waals surface area contributed by atoms with Gasteiger partial charge in [-0.25, -0.2) is 13.2 Å². The lowest BCUT2D eigenvalue weighted by Crippen LogP contribution is -2.34. The van der Waals surface area contributed by atoms with Gasteiger partial charge in [0.2, 0.25) is 5.69 Å². The average Bonchev–Trinajstić information content (AvgIpc) is 3.17. The first-order valence-corrected chi connectivity index (χ1v) is 9.61. The Kier molecular flexibility index (Phi) is 4.62. The molecule has 8 nitrogen and oxygen atoms in total. The van der Waals surface area contributed by atoms with Crippen molar-refractivity contribution >= 4 is 21.6 Å². The van der Waals surface area contributed by atoms with Crippen molar-refractivity contribution in [1.82, 2.24) is 15.0 Å². The highest BCUT2D eigenvalue weighted by Gasteiger charge is 2.35. The van der Waals surface area contributed by atoms with Crippen LogP contribution in [-0.2, 0) is 16.0 Å². The van der Waals surface area contributed by atoms with Gasteiger partial charge in [0.05, 0.1) is 22.8 Å². The van der Waals surface area contributed by atoms with Crippen molar-refractivity contribution in [3.8, 4) is 5.69 Å². The van der Waals surface area contributed by atoms with Crippen molar-refractivity contribution in [2.75, 3.05) is 23.5 Å². The SMILES string of the molecule is CN(c1nn(-c2cccc(C(F)(F)F)c2)nc1C(=O)O)C1CCS(=O)(=O)C1. The maximum absolute atomic E-state index is 12.9. The standard InChI is InChI=1S/C15H15F3N4O4S/c1-21(11-5-6-27(25,26)8-11)13-12(14(23)24)19-22(20-13)10-4-2-3-9(7-10)15(16,17)18/h2-4,7,11H,5-6,8H2,1H3,(H,23,24). The molecule has 3 rings (SSSR count). The molecule has 2 aromatic rings. The summed E-state index contributed by atoms with van der Waals surface area (Å²) in [5.41, 5.74) is -1.46. The van der Waals surface area contributed by atoms with Crippen LogP contribution in [0.4, 0.5) is 19.0 Å². The van der Waals surface area contributed by atoms with Crippen molar-refractivity contribution in [2.24, 2.45) is 0 Å². The molecule has 1 aromatic heterocycles. The summed E-state index contributed by atoms with van der Waals surface area (Å²) < 4.78 is 62.0. The lowest BCUT2D eigenvalue weighted by atomic mass is 10.2. The molecule has 0 spiro atoms. The quantitative estimate of drug-likeness (QED) is 0.825. The van der Waals surface area contributed by atoms with Crippen LogP contribution >= 0.6 is 0 Å². The number of anilines is 1. The van der Waals surface area contributed by atoms with E-state index in [2.05, 4.69) is 10.2 Å². The maximum Gasteiger partial charge on any atom is 0.416 e. The van der Waals surface area contributed by atoms with Crippen LogP contribution in [0.2, 0.25) is 0 Å². The Hall–Kier alpha value is -2.63. The van der Waals surface area contributed by atoms with Crippen molar-refractivity contribution in [2.45, 2.75) is 18.6 Å². The molecule has 1 aliphatic rings. The second-order valence-electron chi connectivity index (χ2n) is 6.18. The topological polar surface area (TPSA) is 105 Å². The first-order valence-electron chi connectivity index (χ1n) is 7.79. The predicted octanol–water partition coefficient (Wildman–Crippen LogP) is 1.61. The third kappa shape index (κ3) is 3.89. The summed E-state index contributed by atoms with van der Waals surface area (Å²) in [6.45, 7) is 0. The normalized spacial score (nSPS) is 19.2. The van der Waals surface area contributed by atoms with Crippen molar-refractivity contribution in [3.05, 3.63) is 35.5 Å². The van der Waals surface area contributed by atoms with Gasteiger partial charge in [0, 0.05) is 13.1 Å². The largest absolute Gasteiger partial charge is 0.476 e. The molecule has 1 fully saturated rings. The summed E-state index contributed by atoms with van der Waals surface area (Å²) in [6.07, 6.45) is -4.27. The Morgan fingerprint density at radius 2 is 2.04 bits per heavy atom. The summed E-state index contributed by atoms with van der Waals surface area (Å²) >= 11 is 0. The van der Waals surface area contributed by atoms with Gasteiger partial charge in [0.15, 0.2) is 15.7 Å². The number of aromatic carboxylic acids is 1. The van der Waals surface area contributed by atoms with Crippen molar-refractivity contribution in [1.29, 1.82) is 0 Å². The summed E-state index contributed by atoms with van der Waals surface area (Å²) in [4.78, 5) is 13.7. The molecule has 1 unspecified atom stereocenters. The van der Waals surface area contributed by atoms with E-state index >= 15 is 0 Å². The highest BCUT2D eigenvalue weighted by Crippen LogP contribution is 2.30.